The van der Waals surface area contributed by atoms with Crippen LogP contribution in [0.5, 0.6) is 0 Å². The van der Waals surface area contributed by atoms with Gasteiger partial charge in [0.1, 0.15) is 0 Å². The molecule has 0 spiro atoms. The first kappa shape index (κ1) is 23.7. The van der Waals surface area contributed by atoms with E-state index in [-0.39, 0.29) is 24.7 Å². The SMILES string of the molecule is O=C(Cc1ccccc1)Nc1nc(CC(=O)N2CCN(c3cccc(C(F)(F)F)c3)CC2)cs1. The van der Waals surface area contributed by atoms with Gasteiger partial charge >= 0.3 is 6.18 Å². The minimum absolute atomic E-state index is 0.101. The van der Waals surface area contributed by atoms with Crippen LogP contribution in [0.1, 0.15) is 16.8 Å². The summed E-state index contributed by atoms with van der Waals surface area (Å²) in [4.78, 5) is 32.8. The van der Waals surface area contributed by atoms with Gasteiger partial charge in [0, 0.05) is 37.2 Å². The standard InChI is InChI=1S/C24H23F3N4O2S/c25-24(26,27)18-7-4-8-20(14-18)30-9-11-31(12-10-30)22(33)15-19-16-34-23(28-19)29-21(32)13-17-5-2-1-3-6-17/h1-8,14,16H,9-13,15H2,(H,28,29,32). The molecule has 1 saturated heterocycles. The monoisotopic (exact) mass is 488 g/mol. The fourth-order valence-electron chi connectivity index (χ4n) is 3.75. The molecule has 1 N–H and O–H groups in total. The van der Waals surface area contributed by atoms with Crippen molar-refractivity contribution in [2.75, 3.05) is 36.4 Å². The van der Waals surface area contributed by atoms with Crippen molar-refractivity contribution in [1.29, 1.82) is 0 Å². The fourth-order valence-corrected chi connectivity index (χ4v) is 4.48. The Bertz CT molecular complexity index is 1140. The molecule has 2 heterocycles. The molecule has 0 unspecified atom stereocenters. The Kier molecular flexibility index (Phi) is 7.16. The molecule has 6 nitrogen and oxygen atoms in total. The summed E-state index contributed by atoms with van der Waals surface area (Å²) in [7, 11) is 0. The van der Waals surface area contributed by atoms with Gasteiger partial charge in [0.05, 0.1) is 24.1 Å². The molecule has 2 aromatic carbocycles. The number of rotatable bonds is 6. The highest BCUT2D eigenvalue weighted by molar-refractivity contribution is 7.13. The zero-order chi connectivity index (χ0) is 24.1. The number of halogens is 3. The predicted molar refractivity (Wildman–Crippen MR) is 125 cm³/mol. The quantitative estimate of drug-likeness (QED) is 0.564. The number of nitrogens with zero attached hydrogens (tertiary/aromatic N) is 3. The van der Waals surface area contributed by atoms with E-state index in [1.807, 2.05) is 35.2 Å². The van der Waals surface area contributed by atoms with Crippen molar-refractivity contribution < 1.29 is 22.8 Å². The summed E-state index contributed by atoms with van der Waals surface area (Å²) in [6.07, 6.45) is -4.04. The van der Waals surface area contributed by atoms with Crippen molar-refractivity contribution >= 4 is 34.0 Å². The van der Waals surface area contributed by atoms with E-state index in [1.165, 1.54) is 17.4 Å². The number of benzene rings is 2. The number of carbonyl (C=O) groups is 2. The van der Waals surface area contributed by atoms with Crippen LogP contribution in [0.3, 0.4) is 0 Å². The van der Waals surface area contributed by atoms with Crippen molar-refractivity contribution in [2.24, 2.45) is 0 Å². The van der Waals surface area contributed by atoms with Gasteiger partial charge < -0.3 is 15.1 Å². The molecular weight excluding hydrogens is 465 g/mol. The molecule has 34 heavy (non-hydrogen) atoms. The number of nitrogens with one attached hydrogen (secondary N) is 1. The smallest absolute Gasteiger partial charge is 0.368 e. The number of hydrogen-bond acceptors (Lipinski definition) is 5. The summed E-state index contributed by atoms with van der Waals surface area (Å²) in [5, 5.41) is 4.95. The van der Waals surface area contributed by atoms with Crippen LogP contribution in [0.4, 0.5) is 24.0 Å². The third kappa shape index (κ3) is 6.13. The zero-order valence-corrected chi connectivity index (χ0v) is 19.0. The van der Waals surface area contributed by atoms with E-state index in [4.69, 9.17) is 0 Å². The summed E-state index contributed by atoms with van der Waals surface area (Å²) >= 11 is 1.26. The average Bonchev–Trinajstić information content (AvgIpc) is 3.25. The maximum absolute atomic E-state index is 13.0. The molecule has 1 aliphatic heterocycles. The molecule has 2 amide bonds. The van der Waals surface area contributed by atoms with Crippen molar-refractivity contribution in [3.8, 4) is 0 Å². The van der Waals surface area contributed by atoms with Crippen LogP contribution in [0, 0.1) is 0 Å². The van der Waals surface area contributed by atoms with Crippen molar-refractivity contribution in [3.05, 3.63) is 76.8 Å². The molecule has 178 valence electrons. The Balaban J connectivity index is 1.27. The number of anilines is 2. The normalized spacial score (nSPS) is 14.2. The maximum Gasteiger partial charge on any atom is 0.416 e. The number of amides is 2. The minimum atomic E-state index is -4.39. The van der Waals surface area contributed by atoms with E-state index in [9.17, 15) is 22.8 Å². The highest BCUT2D eigenvalue weighted by Gasteiger charge is 2.31. The van der Waals surface area contributed by atoms with Gasteiger partial charge in [-0.25, -0.2) is 4.98 Å². The molecule has 10 heteroatoms. The lowest BCUT2D eigenvalue weighted by Crippen LogP contribution is -2.49. The first-order valence-electron chi connectivity index (χ1n) is 10.8. The Morgan fingerprint density at radius 1 is 0.971 bits per heavy atom. The Morgan fingerprint density at radius 2 is 1.71 bits per heavy atom. The van der Waals surface area contributed by atoms with Crippen LogP contribution in [0.2, 0.25) is 0 Å². The molecule has 1 aromatic heterocycles. The summed E-state index contributed by atoms with van der Waals surface area (Å²) in [6, 6.07) is 14.6. The molecule has 3 aromatic rings. The highest BCUT2D eigenvalue weighted by Crippen LogP contribution is 2.32. The Hall–Kier alpha value is -3.40. The first-order chi connectivity index (χ1) is 16.3. The van der Waals surface area contributed by atoms with Gasteiger partial charge in [-0.2, -0.15) is 13.2 Å². The van der Waals surface area contributed by atoms with Crippen LogP contribution in [-0.4, -0.2) is 47.9 Å². The number of alkyl halides is 3. The fraction of sp³-hybridized carbons (Fsp3) is 0.292. The molecule has 0 atom stereocenters. The Morgan fingerprint density at radius 3 is 2.41 bits per heavy atom. The van der Waals surface area contributed by atoms with Crippen LogP contribution in [-0.2, 0) is 28.6 Å². The van der Waals surface area contributed by atoms with Gasteiger partial charge in [0.15, 0.2) is 5.13 Å². The summed E-state index contributed by atoms with van der Waals surface area (Å²) in [5.74, 6) is -0.278. The lowest BCUT2D eigenvalue weighted by atomic mass is 10.1. The number of carbonyl (C=O) groups excluding carboxylic acids is 2. The topological polar surface area (TPSA) is 65.5 Å². The number of piperazine rings is 1. The van der Waals surface area contributed by atoms with Crippen LogP contribution >= 0.6 is 11.3 Å². The van der Waals surface area contributed by atoms with E-state index >= 15 is 0 Å². The van der Waals surface area contributed by atoms with E-state index in [0.717, 1.165) is 17.7 Å². The van der Waals surface area contributed by atoms with Gasteiger partial charge in [0.2, 0.25) is 11.8 Å². The van der Waals surface area contributed by atoms with E-state index in [0.29, 0.717) is 42.7 Å². The Labute approximate surface area is 199 Å². The zero-order valence-electron chi connectivity index (χ0n) is 18.2. The third-order valence-electron chi connectivity index (χ3n) is 5.51. The van der Waals surface area contributed by atoms with Crippen molar-refractivity contribution in [3.63, 3.8) is 0 Å². The summed E-state index contributed by atoms with van der Waals surface area (Å²) in [5.41, 5.74) is 1.29. The lowest BCUT2D eigenvalue weighted by Gasteiger charge is -2.36. The molecule has 4 rings (SSSR count). The van der Waals surface area contributed by atoms with Crippen molar-refractivity contribution in [1.82, 2.24) is 9.88 Å². The summed E-state index contributed by atoms with van der Waals surface area (Å²) < 4.78 is 38.9. The number of hydrogen-bond donors (Lipinski definition) is 1. The molecule has 0 saturated carbocycles. The maximum atomic E-state index is 13.0. The molecule has 1 aliphatic rings. The van der Waals surface area contributed by atoms with Gasteiger partial charge in [-0.1, -0.05) is 36.4 Å². The van der Waals surface area contributed by atoms with Gasteiger partial charge in [-0.05, 0) is 23.8 Å². The molecule has 0 aliphatic carbocycles. The predicted octanol–water partition coefficient (Wildman–Crippen LogP) is 4.23. The van der Waals surface area contributed by atoms with E-state index in [2.05, 4.69) is 10.3 Å². The van der Waals surface area contributed by atoms with Crippen molar-refractivity contribution in [2.45, 2.75) is 19.0 Å². The van der Waals surface area contributed by atoms with E-state index < -0.39 is 11.7 Å². The number of aromatic nitrogens is 1. The second-order valence-electron chi connectivity index (χ2n) is 7.95. The molecule has 0 bridgehead atoms. The molecule has 1 fully saturated rings. The molecule has 0 radical (unpaired) electrons. The minimum Gasteiger partial charge on any atom is -0.368 e. The lowest BCUT2D eigenvalue weighted by molar-refractivity contribution is -0.137. The third-order valence-corrected chi connectivity index (χ3v) is 6.32. The van der Waals surface area contributed by atoms with Crippen LogP contribution in [0.25, 0.3) is 0 Å². The molecular formula is C24H23F3N4O2S. The van der Waals surface area contributed by atoms with Crippen LogP contribution in [0.15, 0.2) is 60.0 Å². The van der Waals surface area contributed by atoms with Gasteiger partial charge in [-0.15, -0.1) is 11.3 Å². The van der Waals surface area contributed by atoms with Gasteiger partial charge in [0.25, 0.3) is 0 Å². The highest BCUT2D eigenvalue weighted by atomic mass is 32.1. The average molecular weight is 489 g/mol. The first-order valence-corrected chi connectivity index (χ1v) is 11.6. The second kappa shape index (κ2) is 10.3. The van der Waals surface area contributed by atoms with Crippen LogP contribution < -0.4 is 10.2 Å². The second-order valence-corrected chi connectivity index (χ2v) is 8.81. The number of thiazole rings is 1. The summed E-state index contributed by atoms with van der Waals surface area (Å²) in [6.45, 7) is 1.73. The van der Waals surface area contributed by atoms with E-state index in [1.54, 1.807) is 16.3 Å². The largest absolute Gasteiger partial charge is 0.416 e. The van der Waals surface area contributed by atoms with Gasteiger partial charge in [-0.3, -0.25) is 9.59 Å².